The van der Waals surface area contributed by atoms with Crippen LogP contribution in [0, 0.1) is 12.8 Å². The van der Waals surface area contributed by atoms with E-state index < -0.39 is 5.97 Å². The van der Waals surface area contributed by atoms with Crippen molar-refractivity contribution in [3.63, 3.8) is 0 Å². The first-order chi connectivity index (χ1) is 9.49. The van der Waals surface area contributed by atoms with Crippen LogP contribution in [0.25, 0.3) is 11.3 Å². The predicted octanol–water partition coefficient (Wildman–Crippen LogP) is 3.12. The lowest BCUT2D eigenvalue weighted by Gasteiger charge is -2.08. The van der Waals surface area contributed by atoms with Gasteiger partial charge in [0.25, 0.3) is 0 Å². The fourth-order valence-electron chi connectivity index (χ4n) is 1.87. The van der Waals surface area contributed by atoms with Gasteiger partial charge >= 0.3 is 5.97 Å². The minimum absolute atomic E-state index is 0.209. The second kappa shape index (κ2) is 5.77. The summed E-state index contributed by atoms with van der Waals surface area (Å²) in [6, 6.07) is 7.29. The highest BCUT2D eigenvalue weighted by atomic mass is 16.5. The number of hydrogen-bond acceptors (Lipinski definition) is 3. The topological polar surface area (TPSA) is 75.2 Å². The summed E-state index contributed by atoms with van der Waals surface area (Å²) in [5.74, 6) is 0.250. The largest absolute Gasteiger partial charge is 0.493 e. The molecule has 2 rings (SSSR count). The molecule has 0 aliphatic rings. The number of aromatic nitrogens is 2. The molecule has 0 unspecified atom stereocenters. The van der Waals surface area contributed by atoms with Crippen LogP contribution < -0.4 is 4.74 Å². The molecule has 1 aromatic carbocycles. The maximum atomic E-state index is 11.2. The summed E-state index contributed by atoms with van der Waals surface area (Å²) in [6.07, 6.45) is 0. The Hall–Kier alpha value is -2.30. The third-order valence-electron chi connectivity index (χ3n) is 2.87. The van der Waals surface area contributed by atoms with Crippen molar-refractivity contribution in [1.82, 2.24) is 10.2 Å². The van der Waals surface area contributed by atoms with E-state index in [1.165, 1.54) is 0 Å². The zero-order valence-corrected chi connectivity index (χ0v) is 11.8. The number of hydrogen-bond donors (Lipinski definition) is 2. The fourth-order valence-corrected chi connectivity index (χ4v) is 1.87. The first kappa shape index (κ1) is 14.1. The minimum atomic E-state index is -0.980. The van der Waals surface area contributed by atoms with E-state index in [-0.39, 0.29) is 5.56 Å². The van der Waals surface area contributed by atoms with E-state index in [0.717, 1.165) is 11.3 Å². The van der Waals surface area contributed by atoms with Crippen molar-refractivity contribution >= 4 is 5.97 Å². The van der Waals surface area contributed by atoms with Gasteiger partial charge in [-0.25, -0.2) is 4.79 Å². The van der Waals surface area contributed by atoms with Crippen molar-refractivity contribution in [1.29, 1.82) is 0 Å². The van der Waals surface area contributed by atoms with Crippen LogP contribution in [0.15, 0.2) is 24.3 Å². The van der Waals surface area contributed by atoms with Gasteiger partial charge in [-0.2, -0.15) is 5.10 Å². The lowest BCUT2D eigenvalue weighted by molar-refractivity contribution is 0.0697. The number of H-pyrrole nitrogens is 1. The van der Waals surface area contributed by atoms with Crippen molar-refractivity contribution in [2.75, 3.05) is 6.61 Å². The number of nitrogens with zero attached hydrogens (tertiary/aromatic N) is 1. The summed E-state index contributed by atoms with van der Waals surface area (Å²) in [4.78, 5) is 11.2. The van der Waals surface area contributed by atoms with Gasteiger partial charge in [0.05, 0.1) is 6.61 Å². The zero-order chi connectivity index (χ0) is 14.7. The van der Waals surface area contributed by atoms with Gasteiger partial charge in [-0.05, 0) is 37.1 Å². The molecular formula is C15H18N2O3. The summed E-state index contributed by atoms with van der Waals surface area (Å²) in [7, 11) is 0. The molecule has 0 aliphatic carbocycles. The molecule has 0 radical (unpaired) electrons. The molecule has 0 atom stereocenters. The SMILES string of the molecule is Cc1[nH]nc(-c2ccc(OCC(C)C)cc2)c1C(=O)O. The summed E-state index contributed by atoms with van der Waals surface area (Å²) in [5.41, 5.74) is 1.96. The highest BCUT2D eigenvalue weighted by molar-refractivity contribution is 5.96. The molecule has 20 heavy (non-hydrogen) atoms. The average molecular weight is 274 g/mol. The number of aryl methyl sites for hydroxylation is 1. The quantitative estimate of drug-likeness (QED) is 0.878. The molecule has 1 aromatic heterocycles. The van der Waals surface area contributed by atoms with Crippen molar-refractivity contribution < 1.29 is 14.6 Å². The van der Waals surface area contributed by atoms with E-state index >= 15 is 0 Å². The van der Waals surface area contributed by atoms with Crippen LogP contribution in [0.4, 0.5) is 0 Å². The molecule has 0 saturated heterocycles. The van der Waals surface area contributed by atoms with Gasteiger partial charge in [-0.15, -0.1) is 0 Å². The van der Waals surface area contributed by atoms with Crippen LogP contribution in [0.2, 0.25) is 0 Å². The van der Waals surface area contributed by atoms with Gasteiger partial charge in [0.15, 0.2) is 0 Å². The fraction of sp³-hybridized carbons (Fsp3) is 0.333. The van der Waals surface area contributed by atoms with Crippen LogP contribution in [0.1, 0.15) is 29.9 Å². The molecule has 106 valence electrons. The number of carbonyl (C=O) groups is 1. The highest BCUT2D eigenvalue weighted by Gasteiger charge is 2.18. The van der Waals surface area contributed by atoms with Crippen molar-refractivity contribution in [3.05, 3.63) is 35.5 Å². The van der Waals surface area contributed by atoms with E-state index in [2.05, 4.69) is 24.0 Å². The number of nitrogens with one attached hydrogen (secondary N) is 1. The lowest BCUT2D eigenvalue weighted by atomic mass is 10.1. The van der Waals surface area contributed by atoms with Crippen molar-refractivity contribution in [2.24, 2.45) is 5.92 Å². The Morgan fingerprint density at radius 3 is 2.55 bits per heavy atom. The van der Waals surface area contributed by atoms with E-state index in [1.807, 2.05) is 24.3 Å². The van der Waals surface area contributed by atoms with Crippen LogP contribution >= 0.6 is 0 Å². The standard InChI is InChI=1S/C15H18N2O3/c1-9(2)8-20-12-6-4-11(5-7-12)14-13(15(18)19)10(3)16-17-14/h4-7,9H,8H2,1-3H3,(H,16,17)(H,18,19). The maximum absolute atomic E-state index is 11.2. The van der Waals surface area contributed by atoms with Gasteiger partial charge < -0.3 is 9.84 Å². The smallest absolute Gasteiger partial charge is 0.339 e. The molecule has 2 aromatic rings. The molecule has 5 heteroatoms. The van der Waals surface area contributed by atoms with Crippen molar-refractivity contribution in [3.8, 4) is 17.0 Å². The van der Waals surface area contributed by atoms with E-state index in [9.17, 15) is 9.90 Å². The maximum Gasteiger partial charge on any atom is 0.339 e. The van der Waals surface area contributed by atoms with E-state index in [1.54, 1.807) is 6.92 Å². The third kappa shape index (κ3) is 2.99. The molecule has 5 nitrogen and oxygen atoms in total. The average Bonchev–Trinajstić information content (AvgIpc) is 2.79. The summed E-state index contributed by atoms with van der Waals surface area (Å²) in [6.45, 7) is 6.52. The second-order valence-corrected chi connectivity index (χ2v) is 5.11. The highest BCUT2D eigenvalue weighted by Crippen LogP contribution is 2.25. The van der Waals surface area contributed by atoms with Crippen LogP contribution in [0.5, 0.6) is 5.75 Å². The Morgan fingerprint density at radius 2 is 2.00 bits per heavy atom. The monoisotopic (exact) mass is 274 g/mol. The Kier molecular flexibility index (Phi) is 4.08. The summed E-state index contributed by atoms with van der Waals surface area (Å²) >= 11 is 0. The zero-order valence-electron chi connectivity index (χ0n) is 11.8. The van der Waals surface area contributed by atoms with Crippen LogP contribution in [-0.4, -0.2) is 27.9 Å². The molecule has 0 amide bonds. The van der Waals surface area contributed by atoms with E-state index in [4.69, 9.17) is 4.74 Å². The minimum Gasteiger partial charge on any atom is -0.493 e. The Balaban J connectivity index is 2.24. The predicted molar refractivity (Wildman–Crippen MR) is 76.1 cm³/mol. The Bertz CT molecular complexity index is 600. The first-order valence-corrected chi connectivity index (χ1v) is 6.50. The van der Waals surface area contributed by atoms with Crippen molar-refractivity contribution in [2.45, 2.75) is 20.8 Å². The van der Waals surface area contributed by atoms with Crippen LogP contribution in [-0.2, 0) is 0 Å². The van der Waals surface area contributed by atoms with Gasteiger partial charge in [0, 0.05) is 11.3 Å². The summed E-state index contributed by atoms with van der Waals surface area (Å²) in [5, 5.41) is 16.0. The molecule has 0 fully saturated rings. The van der Waals surface area contributed by atoms with Gasteiger partial charge in [-0.3, -0.25) is 5.10 Å². The second-order valence-electron chi connectivity index (χ2n) is 5.11. The molecule has 0 aliphatic heterocycles. The molecule has 1 heterocycles. The third-order valence-corrected chi connectivity index (χ3v) is 2.87. The number of ether oxygens (including phenoxy) is 1. The molecule has 0 saturated carbocycles. The number of carboxylic acids is 1. The number of benzene rings is 1. The van der Waals surface area contributed by atoms with E-state index in [0.29, 0.717) is 23.9 Å². The number of carboxylic acid groups (broad SMARTS) is 1. The molecular weight excluding hydrogens is 256 g/mol. The number of aromatic amines is 1. The van der Waals surface area contributed by atoms with Crippen LogP contribution in [0.3, 0.4) is 0 Å². The Labute approximate surface area is 117 Å². The molecule has 0 bridgehead atoms. The Morgan fingerprint density at radius 1 is 1.35 bits per heavy atom. The molecule has 2 N–H and O–H groups in total. The number of aromatic carboxylic acids is 1. The number of rotatable bonds is 5. The van der Waals surface area contributed by atoms with Gasteiger partial charge in [0.1, 0.15) is 17.0 Å². The normalized spacial score (nSPS) is 10.8. The first-order valence-electron chi connectivity index (χ1n) is 6.50. The lowest BCUT2D eigenvalue weighted by Crippen LogP contribution is -2.04. The summed E-state index contributed by atoms with van der Waals surface area (Å²) < 4.78 is 5.60. The van der Waals surface area contributed by atoms with Gasteiger partial charge in [-0.1, -0.05) is 13.8 Å². The van der Waals surface area contributed by atoms with Gasteiger partial charge in [0.2, 0.25) is 0 Å². The molecule has 0 spiro atoms.